The minimum Gasteiger partial charge on any atom is -0.467 e. The van der Waals surface area contributed by atoms with E-state index in [2.05, 4.69) is 25.3 Å². The monoisotopic (exact) mass is 399 g/mol. The van der Waals surface area contributed by atoms with E-state index in [0.29, 0.717) is 31.2 Å². The second-order valence-corrected chi connectivity index (χ2v) is 8.34. The maximum Gasteiger partial charge on any atom is 0.316 e. The van der Waals surface area contributed by atoms with Gasteiger partial charge in [0, 0.05) is 30.9 Å². The van der Waals surface area contributed by atoms with Crippen LogP contribution in [0.1, 0.15) is 36.0 Å². The van der Waals surface area contributed by atoms with Crippen LogP contribution in [-0.4, -0.2) is 62.7 Å². The van der Waals surface area contributed by atoms with Crippen molar-refractivity contribution in [2.75, 3.05) is 26.5 Å². The minimum absolute atomic E-state index is 0.0201. The number of methoxy groups -OCH3 is 1. The number of nitrogens with one attached hydrogen (secondary N) is 3. The van der Waals surface area contributed by atoms with Crippen LogP contribution in [0.25, 0.3) is 0 Å². The largest absolute Gasteiger partial charge is 0.467 e. The van der Waals surface area contributed by atoms with E-state index in [1.807, 2.05) is 0 Å². The van der Waals surface area contributed by atoms with Gasteiger partial charge in [0.05, 0.1) is 18.4 Å². The normalized spacial score (nSPS) is 19.9. The molecule has 0 bridgehead atoms. The molecule has 1 aromatic rings. The lowest BCUT2D eigenvalue weighted by Gasteiger charge is -2.28. The molecule has 0 unspecified atom stereocenters. The Morgan fingerprint density at radius 3 is 2.37 bits per heavy atom. The number of carbonyl (C=O) groups is 2. The molecule has 1 heterocycles. The number of nitrogens with zero attached hydrogens (tertiary/aromatic N) is 2. The molecule has 1 aliphatic rings. The van der Waals surface area contributed by atoms with Crippen LogP contribution in [0.5, 0.6) is 6.01 Å². The fourth-order valence-electron chi connectivity index (χ4n) is 2.86. The number of amides is 2. The summed E-state index contributed by atoms with van der Waals surface area (Å²) in [4.78, 5) is 32.2. The molecule has 0 aliphatic heterocycles. The minimum atomic E-state index is -3.33. The number of carbonyl (C=O) groups excluding carboxylic acids is 2. The summed E-state index contributed by atoms with van der Waals surface area (Å²) in [6, 6.07) is 0.175. The highest BCUT2D eigenvalue weighted by Crippen LogP contribution is 2.24. The highest BCUT2D eigenvalue weighted by atomic mass is 32.2. The Balaban J connectivity index is 1.74. The topological polar surface area (TPSA) is 139 Å². The summed E-state index contributed by atoms with van der Waals surface area (Å²) < 4.78 is 29.7. The molecule has 2 amide bonds. The lowest BCUT2D eigenvalue weighted by atomic mass is 9.85. The Bertz CT molecular complexity index is 745. The van der Waals surface area contributed by atoms with Gasteiger partial charge in [-0.15, -0.1) is 0 Å². The van der Waals surface area contributed by atoms with E-state index in [1.165, 1.54) is 26.6 Å². The second-order valence-electron chi connectivity index (χ2n) is 6.29. The van der Waals surface area contributed by atoms with Gasteiger partial charge in [-0.3, -0.25) is 9.59 Å². The molecule has 1 aliphatic carbocycles. The second kappa shape index (κ2) is 9.60. The number of rotatable bonds is 8. The number of sulfonamides is 1. The van der Waals surface area contributed by atoms with Crippen molar-refractivity contribution in [1.29, 1.82) is 0 Å². The summed E-state index contributed by atoms with van der Waals surface area (Å²) in [5, 5.41) is 5.58. The van der Waals surface area contributed by atoms with Crippen molar-refractivity contribution in [2.45, 2.75) is 31.7 Å². The maximum atomic E-state index is 12.2. The van der Waals surface area contributed by atoms with Crippen LogP contribution in [0.15, 0.2) is 12.4 Å². The highest BCUT2D eigenvalue weighted by Gasteiger charge is 2.27. The average molecular weight is 399 g/mol. The summed E-state index contributed by atoms with van der Waals surface area (Å²) >= 11 is 0. The molecule has 1 fully saturated rings. The third-order valence-electron chi connectivity index (χ3n) is 4.49. The Kier molecular flexibility index (Phi) is 7.48. The van der Waals surface area contributed by atoms with Crippen LogP contribution >= 0.6 is 0 Å². The molecule has 150 valence electrons. The molecular weight excluding hydrogens is 374 g/mol. The average Bonchev–Trinajstić information content (AvgIpc) is 2.68. The molecule has 1 aromatic heterocycles. The van der Waals surface area contributed by atoms with Gasteiger partial charge in [0.25, 0.3) is 5.91 Å². The van der Waals surface area contributed by atoms with E-state index in [0.717, 1.165) is 0 Å². The Morgan fingerprint density at radius 1 is 1.19 bits per heavy atom. The van der Waals surface area contributed by atoms with Gasteiger partial charge >= 0.3 is 6.01 Å². The predicted molar refractivity (Wildman–Crippen MR) is 97.7 cm³/mol. The SMILES string of the molecule is CNS(=O)(=O)CCNC(=O)C1CCC(NC(=O)c2cnc(OC)nc2)CC1. The molecule has 10 nitrogen and oxygen atoms in total. The molecule has 11 heteroatoms. The first-order chi connectivity index (χ1) is 12.8. The predicted octanol–water partition coefficient (Wildman–Crippen LogP) is -0.561. The fraction of sp³-hybridized carbons (Fsp3) is 0.625. The Labute approximate surface area is 158 Å². The van der Waals surface area contributed by atoms with Crippen LogP contribution in [0.3, 0.4) is 0 Å². The van der Waals surface area contributed by atoms with E-state index in [1.54, 1.807) is 0 Å². The molecule has 1 saturated carbocycles. The smallest absolute Gasteiger partial charge is 0.316 e. The van der Waals surface area contributed by atoms with Gasteiger partial charge in [-0.05, 0) is 32.7 Å². The van der Waals surface area contributed by atoms with Crippen LogP contribution in [0.2, 0.25) is 0 Å². The summed E-state index contributed by atoms with van der Waals surface area (Å²) in [5.41, 5.74) is 0.349. The van der Waals surface area contributed by atoms with Gasteiger partial charge in [-0.25, -0.2) is 23.1 Å². The van der Waals surface area contributed by atoms with Gasteiger partial charge in [-0.1, -0.05) is 0 Å². The van der Waals surface area contributed by atoms with Crippen molar-refractivity contribution < 1.29 is 22.7 Å². The van der Waals surface area contributed by atoms with Crippen molar-refractivity contribution in [3.05, 3.63) is 18.0 Å². The molecule has 0 radical (unpaired) electrons. The Morgan fingerprint density at radius 2 is 1.81 bits per heavy atom. The molecule has 0 saturated heterocycles. The zero-order valence-electron chi connectivity index (χ0n) is 15.4. The Hall–Kier alpha value is -2.27. The van der Waals surface area contributed by atoms with Crippen molar-refractivity contribution in [2.24, 2.45) is 5.92 Å². The van der Waals surface area contributed by atoms with E-state index in [9.17, 15) is 18.0 Å². The quantitative estimate of drug-likeness (QED) is 0.532. The standard InChI is InChI=1S/C16H25N5O5S/c1-17-27(24,25)8-7-18-14(22)11-3-5-13(6-4-11)21-15(23)12-9-19-16(26-2)20-10-12/h9-11,13,17H,3-8H2,1-2H3,(H,18,22)(H,21,23). The zero-order chi connectivity index (χ0) is 19.9. The van der Waals surface area contributed by atoms with Gasteiger partial charge in [0.2, 0.25) is 15.9 Å². The first-order valence-electron chi connectivity index (χ1n) is 8.70. The maximum absolute atomic E-state index is 12.2. The summed E-state index contributed by atoms with van der Waals surface area (Å²) in [6.45, 7) is 0.0795. The highest BCUT2D eigenvalue weighted by molar-refractivity contribution is 7.89. The zero-order valence-corrected chi connectivity index (χ0v) is 16.2. The lowest BCUT2D eigenvalue weighted by Crippen LogP contribution is -2.42. The number of ether oxygens (including phenoxy) is 1. The van der Waals surface area contributed by atoms with Gasteiger partial charge in [0.1, 0.15) is 0 Å². The van der Waals surface area contributed by atoms with Crippen LogP contribution in [0, 0.1) is 5.92 Å². The fourth-order valence-corrected chi connectivity index (χ4v) is 3.44. The van der Waals surface area contributed by atoms with Crippen LogP contribution < -0.4 is 20.1 Å². The van der Waals surface area contributed by atoms with Gasteiger partial charge in [-0.2, -0.15) is 0 Å². The lowest BCUT2D eigenvalue weighted by molar-refractivity contribution is -0.125. The molecule has 27 heavy (non-hydrogen) atoms. The van der Waals surface area contributed by atoms with Crippen molar-refractivity contribution in [1.82, 2.24) is 25.3 Å². The molecule has 3 N–H and O–H groups in total. The van der Waals surface area contributed by atoms with Gasteiger partial charge < -0.3 is 15.4 Å². The third kappa shape index (κ3) is 6.43. The number of hydrogen-bond donors (Lipinski definition) is 3. The van der Waals surface area contributed by atoms with E-state index in [-0.39, 0.29) is 42.1 Å². The van der Waals surface area contributed by atoms with Crippen molar-refractivity contribution >= 4 is 21.8 Å². The molecule has 2 rings (SSSR count). The van der Waals surface area contributed by atoms with Crippen molar-refractivity contribution in [3.63, 3.8) is 0 Å². The number of hydrogen-bond acceptors (Lipinski definition) is 7. The van der Waals surface area contributed by atoms with Crippen molar-refractivity contribution in [3.8, 4) is 6.01 Å². The van der Waals surface area contributed by atoms with Crippen LogP contribution in [-0.2, 0) is 14.8 Å². The molecular formula is C16H25N5O5S. The number of aromatic nitrogens is 2. The summed E-state index contributed by atoms with van der Waals surface area (Å²) in [6.07, 6.45) is 5.42. The third-order valence-corrected chi connectivity index (χ3v) is 5.85. The molecule has 0 aromatic carbocycles. The molecule has 0 spiro atoms. The first kappa shape index (κ1) is 21.0. The van der Waals surface area contributed by atoms with Gasteiger partial charge in [0.15, 0.2) is 0 Å². The van der Waals surface area contributed by atoms with E-state index >= 15 is 0 Å². The molecule has 0 atom stereocenters. The summed E-state index contributed by atoms with van der Waals surface area (Å²) in [7, 11) is -0.543. The summed E-state index contributed by atoms with van der Waals surface area (Å²) in [5.74, 6) is -0.720. The van der Waals surface area contributed by atoms with E-state index in [4.69, 9.17) is 4.74 Å². The first-order valence-corrected chi connectivity index (χ1v) is 10.4. The van der Waals surface area contributed by atoms with Crippen LogP contribution in [0.4, 0.5) is 0 Å². The van der Waals surface area contributed by atoms with E-state index < -0.39 is 10.0 Å².